The van der Waals surface area contributed by atoms with Gasteiger partial charge in [0.2, 0.25) is 11.7 Å². The molecule has 0 saturated carbocycles. The van der Waals surface area contributed by atoms with Gasteiger partial charge in [-0.15, -0.1) is 0 Å². The van der Waals surface area contributed by atoms with E-state index in [9.17, 15) is 19.2 Å². The molecule has 3 aromatic rings. The summed E-state index contributed by atoms with van der Waals surface area (Å²) in [6.07, 6.45) is 1.40. The molecule has 0 radical (unpaired) electrons. The molecule has 8 heteroatoms. The van der Waals surface area contributed by atoms with Gasteiger partial charge in [0.25, 0.3) is 0 Å². The zero-order valence-corrected chi connectivity index (χ0v) is 17.9. The highest BCUT2D eigenvalue weighted by Gasteiger charge is 2.36. The molecule has 0 unspecified atom stereocenters. The van der Waals surface area contributed by atoms with E-state index < -0.39 is 30.2 Å². The molecule has 2 aromatic carbocycles. The van der Waals surface area contributed by atoms with E-state index in [2.05, 4.69) is 0 Å². The van der Waals surface area contributed by atoms with Crippen molar-refractivity contribution in [2.75, 3.05) is 18.1 Å². The number of ether oxygens (including phenoxy) is 2. The molecule has 1 amide bonds. The summed E-state index contributed by atoms with van der Waals surface area (Å²) in [6.45, 7) is 1.72. The van der Waals surface area contributed by atoms with E-state index in [1.165, 1.54) is 36.6 Å². The third kappa shape index (κ3) is 5.17. The van der Waals surface area contributed by atoms with Crippen molar-refractivity contribution in [1.29, 1.82) is 0 Å². The lowest BCUT2D eigenvalue weighted by molar-refractivity contribution is -0.147. The first-order chi connectivity index (χ1) is 15.9. The number of rotatable bonds is 7. The quantitative estimate of drug-likeness (QED) is 0.310. The fourth-order valence-corrected chi connectivity index (χ4v) is 3.44. The van der Waals surface area contributed by atoms with Crippen molar-refractivity contribution in [3.8, 4) is 5.75 Å². The van der Waals surface area contributed by atoms with Gasteiger partial charge < -0.3 is 18.8 Å². The van der Waals surface area contributed by atoms with Crippen LogP contribution in [0.4, 0.5) is 5.69 Å². The van der Waals surface area contributed by atoms with E-state index in [0.29, 0.717) is 5.56 Å². The third-order valence-corrected chi connectivity index (χ3v) is 5.26. The van der Waals surface area contributed by atoms with Gasteiger partial charge >= 0.3 is 11.9 Å². The Labute approximate surface area is 189 Å². The minimum atomic E-state index is -0.654. The lowest BCUT2D eigenvalue weighted by Gasteiger charge is -2.16. The first kappa shape index (κ1) is 22.0. The fourth-order valence-electron chi connectivity index (χ4n) is 3.44. The van der Waals surface area contributed by atoms with Gasteiger partial charge in [-0.3, -0.25) is 14.4 Å². The van der Waals surface area contributed by atoms with E-state index in [-0.39, 0.29) is 30.4 Å². The monoisotopic (exact) mass is 447 g/mol. The number of carbonyl (C=O) groups is 4. The normalized spacial score (nSPS) is 15.4. The van der Waals surface area contributed by atoms with Gasteiger partial charge in [-0.05, 0) is 55.5 Å². The van der Waals surface area contributed by atoms with E-state index >= 15 is 0 Å². The van der Waals surface area contributed by atoms with Crippen LogP contribution in [-0.2, 0) is 14.3 Å². The van der Waals surface area contributed by atoms with E-state index in [1.807, 2.05) is 31.2 Å². The molecular formula is C25H21NO7. The molecule has 4 rings (SSSR count). The Kier molecular flexibility index (Phi) is 6.35. The Morgan fingerprint density at radius 1 is 1.03 bits per heavy atom. The number of ketones is 1. The first-order valence-corrected chi connectivity index (χ1v) is 10.3. The van der Waals surface area contributed by atoms with E-state index in [1.54, 1.807) is 11.0 Å². The molecule has 1 saturated heterocycles. The van der Waals surface area contributed by atoms with Crippen molar-refractivity contribution in [1.82, 2.24) is 0 Å². The highest BCUT2D eigenvalue weighted by Crippen LogP contribution is 2.26. The molecule has 0 bridgehead atoms. The maximum atomic E-state index is 12.4. The first-order valence-electron chi connectivity index (χ1n) is 10.3. The molecule has 2 heterocycles. The zero-order valence-electron chi connectivity index (χ0n) is 17.9. The minimum absolute atomic E-state index is 0.0383. The molecule has 1 aliphatic rings. The number of anilines is 1. The molecule has 1 atom stereocenters. The second-order valence-electron chi connectivity index (χ2n) is 7.66. The molecular weight excluding hydrogens is 426 g/mol. The van der Waals surface area contributed by atoms with E-state index in [4.69, 9.17) is 13.9 Å². The van der Waals surface area contributed by atoms with Gasteiger partial charge in [-0.1, -0.05) is 17.7 Å². The molecule has 33 heavy (non-hydrogen) atoms. The standard InChI is InChI=1S/C25H21NO7/c1-16-4-8-19(9-5-16)26-14-18(13-23(26)28)24(29)32-15-21(27)17-6-10-20(11-7-17)33-25(30)22-3-2-12-31-22/h2-12,18H,13-15H2,1H3/t18-/m1/s1. The van der Waals surface area contributed by atoms with Crippen molar-refractivity contribution in [2.45, 2.75) is 13.3 Å². The number of hydrogen-bond acceptors (Lipinski definition) is 7. The Morgan fingerprint density at radius 3 is 2.42 bits per heavy atom. The Hall–Kier alpha value is -4.20. The molecule has 0 aliphatic carbocycles. The van der Waals surface area contributed by atoms with E-state index in [0.717, 1.165) is 11.3 Å². The summed E-state index contributed by atoms with van der Waals surface area (Å²) in [5, 5.41) is 0. The number of furan rings is 1. The predicted octanol–water partition coefficient (Wildman–Crippen LogP) is 3.59. The topological polar surface area (TPSA) is 103 Å². The predicted molar refractivity (Wildman–Crippen MR) is 117 cm³/mol. The highest BCUT2D eigenvalue weighted by molar-refractivity contribution is 6.01. The van der Waals surface area contributed by atoms with Gasteiger partial charge in [0.15, 0.2) is 12.4 Å². The summed E-state index contributed by atoms with van der Waals surface area (Å²) >= 11 is 0. The van der Waals surface area contributed by atoms with Gasteiger partial charge in [0, 0.05) is 24.2 Å². The average Bonchev–Trinajstić information content (AvgIpc) is 3.49. The van der Waals surface area contributed by atoms with Crippen LogP contribution in [0.15, 0.2) is 71.3 Å². The molecule has 8 nitrogen and oxygen atoms in total. The average molecular weight is 447 g/mol. The number of amides is 1. The largest absolute Gasteiger partial charge is 0.457 e. The molecule has 1 aliphatic heterocycles. The van der Waals surface area contributed by atoms with Crippen LogP contribution in [0.2, 0.25) is 0 Å². The Morgan fingerprint density at radius 2 is 1.76 bits per heavy atom. The van der Waals surface area contributed by atoms with Crippen LogP contribution >= 0.6 is 0 Å². The number of nitrogens with zero attached hydrogens (tertiary/aromatic N) is 1. The van der Waals surface area contributed by atoms with Crippen LogP contribution in [0.3, 0.4) is 0 Å². The van der Waals surface area contributed by atoms with Gasteiger partial charge in [0.1, 0.15) is 5.75 Å². The molecule has 0 spiro atoms. The fraction of sp³-hybridized carbons (Fsp3) is 0.200. The maximum absolute atomic E-state index is 12.4. The lowest BCUT2D eigenvalue weighted by atomic mass is 10.1. The van der Waals surface area contributed by atoms with Crippen LogP contribution < -0.4 is 9.64 Å². The number of carbonyl (C=O) groups excluding carboxylic acids is 4. The van der Waals surface area contributed by atoms with Crippen LogP contribution in [0.1, 0.15) is 32.9 Å². The van der Waals surface area contributed by atoms with Crippen LogP contribution in [0.5, 0.6) is 5.75 Å². The number of Topliss-reactive ketones (excluding diaryl/α,β-unsaturated/α-hetero) is 1. The zero-order chi connectivity index (χ0) is 23.4. The molecule has 0 N–H and O–H groups in total. The second-order valence-corrected chi connectivity index (χ2v) is 7.66. The van der Waals surface area contributed by atoms with Crippen molar-refractivity contribution < 1.29 is 33.1 Å². The molecule has 1 aromatic heterocycles. The Balaban J connectivity index is 1.28. The second kappa shape index (κ2) is 9.52. The van der Waals surface area contributed by atoms with Gasteiger partial charge in [-0.25, -0.2) is 4.79 Å². The summed E-state index contributed by atoms with van der Waals surface area (Å²) in [5.74, 6) is -2.14. The lowest BCUT2D eigenvalue weighted by Crippen LogP contribution is -2.27. The van der Waals surface area contributed by atoms with Gasteiger partial charge in [0.05, 0.1) is 12.2 Å². The van der Waals surface area contributed by atoms with Crippen LogP contribution in [0.25, 0.3) is 0 Å². The molecule has 168 valence electrons. The van der Waals surface area contributed by atoms with Crippen molar-refractivity contribution in [3.63, 3.8) is 0 Å². The summed E-state index contributed by atoms with van der Waals surface area (Å²) in [6, 6.07) is 16.4. The number of esters is 2. The van der Waals surface area contributed by atoms with Crippen LogP contribution in [0, 0.1) is 12.8 Å². The summed E-state index contributed by atoms with van der Waals surface area (Å²) < 4.78 is 15.3. The number of aryl methyl sites for hydroxylation is 1. The third-order valence-electron chi connectivity index (χ3n) is 5.26. The smallest absolute Gasteiger partial charge is 0.379 e. The SMILES string of the molecule is Cc1ccc(N2C[C@H](C(=O)OCC(=O)c3ccc(OC(=O)c4ccco4)cc3)CC2=O)cc1. The highest BCUT2D eigenvalue weighted by atomic mass is 16.5. The minimum Gasteiger partial charge on any atom is -0.457 e. The summed E-state index contributed by atoms with van der Waals surface area (Å²) in [5.41, 5.74) is 2.10. The summed E-state index contributed by atoms with van der Waals surface area (Å²) in [4.78, 5) is 50.6. The number of benzene rings is 2. The maximum Gasteiger partial charge on any atom is 0.379 e. The molecule has 1 fully saturated rings. The summed E-state index contributed by atoms with van der Waals surface area (Å²) in [7, 11) is 0. The van der Waals surface area contributed by atoms with Crippen molar-refractivity contribution in [2.24, 2.45) is 5.92 Å². The number of hydrogen-bond donors (Lipinski definition) is 0. The Bertz CT molecular complexity index is 1160. The van der Waals surface area contributed by atoms with Crippen molar-refractivity contribution >= 4 is 29.3 Å². The van der Waals surface area contributed by atoms with Crippen molar-refractivity contribution in [3.05, 3.63) is 83.8 Å². The van der Waals surface area contributed by atoms with Gasteiger partial charge in [-0.2, -0.15) is 0 Å². The van der Waals surface area contributed by atoms with Crippen LogP contribution in [-0.4, -0.2) is 36.8 Å².